The van der Waals surface area contributed by atoms with Gasteiger partial charge in [-0.3, -0.25) is 4.79 Å². The molecule has 7 heteroatoms. The van der Waals surface area contributed by atoms with Crippen LogP contribution >= 0.6 is 15.9 Å². The number of hydrogen-bond donors (Lipinski definition) is 3. The van der Waals surface area contributed by atoms with Gasteiger partial charge in [0.2, 0.25) is 0 Å². The minimum absolute atomic E-state index is 0.253. The number of aliphatic hydroxyl groups excluding tert-OH is 2. The van der Waals surface area contributed by atoms with Crippen molar-refractivity contribution in [2.24, 2.45) is 0 Å². The zero-order valence-electron chi connectivity index (χ0n) is 12.3. The van der Waals surface area contributed by atoms with Gasteiger partial charge in [0.1, 0.15) is 11.5 Å². The fourth-order valence-corrected chi connectivity index (χ4v) is 2.41. The van der Waals surface area contributed by atoms with Crippen LogP contribution in [0.15, 0.2) is 16.6 Å². The van der Waals surface area contributed by atoms with E-state index in [9.17, 15) is 15.0 Å². The Labute approximate surface area is 132 Å². The molecule has 21 heavy (non-hydrogen) atoms. The van der Waals surface area contributed by atoms with Crippen molar-refractivity contribution >= 4 is 21.8 Å². The van der Waals surface area contributed by atoms with Crippen LogP contribution < -0.4 is 14.8 Å². The van der Waals surface area contributed by atoms with Gasteiger partial charge in [0.15, 0.2) is 0 Å². The third-order valence-electron chi connectivity index (χ3n) is 3.36. The SMILES string of the molecule is CCC(CO)(CO)NC(=O)c1cc(OC)cc(Br)c1OC. The monoisotopic (exact) mass is 361 g/mol. The molecule has 0 radical (unpaired) electrons. The first kappa shape index (κ1) is 17.7. The molecule has 3 N–H and O–H groups in total. The van der Waals surface area contributed by atoms with Crippen LogP contribution in [0.25, 0.3) is 0 Å². The molecule has 0 fully saturated rings. The third kappa shape index (κ3) is 3.87. The number of aliphatic hydroxyl groups is 2. The first-order chi connectivity index (χ1) is 9.96. The van der Waals surface area contributed by atoms with Gasteiger partial charge in [0, 0.05) is 0 Å². The highest BCUT2D eigenvalue weighted by molar-refractivity contribution is 9.10. The molecule has 1 rings (SSSR count). The Morgan fingerprint density at radius 3 is 2.33 bits per heavy atom. The number of rotatable bonds is 7. The molecule has 0 aliphatic rings. The number of benzene rings is 1. The second-order valence-corrected chi connectivity index (χ2v) is 5.45. The molecule has 1 aromatic rings. The van der Waals surface area contributed by atoms with Gasteiger partial charge in [-0.2, -0.15) is 0 Å². The Morgan fingerprint density at radius 1 is 1.29 bits per heavy atom. The Kier molecular flexibility index (Phi) is 6.44. The first-order valence-corrected chi connectivity index (χ1v) is 7.22. The molecular formula is C14H20BrNO5. The summed E-state index contributed by atoms with van der Waals surface area (Å²) in [4.78, 5) is 12.4. The number of halogens is 1. The lowest BCUT2D eigenvalue weighted by Gasteiger charge is -2.30. The Hall–Kier alpha value is -1.31. The fraction of sp³-hybridized carbons (Fsp3) is 0.500. The van der Waals surface area contributed by atoms with E-state index < -0.39 is 11.4 Å². The summed E-state index contributed by atoms with van der Waals surface area (Å²) in [6.07, 6.45) is 0.388. The molecule has 118 valence electrons. The summed E-state index contributed by atoms with van der Waals surface area (Å²) >= 11 is 3.31. The van der Waals surface area contributed by atoms with Crippen molar-refractivity contribution in [1.29, 1.82) is 0 Å². The second-order valence-electron chi connectivity index (χ2n) is 4.59. The summed E-state index contributed by atoms with van der Waals surface area (Å²) in [6.45, 7) is 1.05. The molecule has 0 saturated heterocycles. The van der Waals surface area contributed by atoms with Gasteiger partial charge in [-0.15, -0.1) is 0 Å². The fourth-order valence-electron chi connectivity index (χ4n) is 1.81. The number of carbonyl (C=O) groups excluding carboxylic acids is 1. The van der Waals surface area contributed by atoms with E-state index in [1.54, 1.807) is 13.0 Å². The van der Waals surface area contributed by atoms with E-state index in [1.165, 1.54) is 20.3 Å². The molecule has 0 spiro atoms. The molecule has 0 unspecified atom stereocenters. The van der Waals surface area contributed by atoms with Crippen molar-refractivity contribution in [2.75, 3.05) is 27.4 Å². The van der Waals surface area contributed by atoms with Crippen LogP contribution in [0.3, 0.4) is 0 Å². The average Bonchev–Trinajstić information content (AvgIpc) is 2.51. The van der Waals surface area contributed by atoms with Crippen molar-refractivity contribution in [2.45, 2.75) is 18.9 Å². The quantitative estimate of drug-likeness (QED) is 0.681. The van der Waals surface area contributed by atoms with Crippen molar-refractivity contribution in [1.82, 2.24) is 5.32 Å². The number of hydrogen-bond acceptors (Lipinski definition) is 5. The molecular weight excluding hydrogens is 342 g/mol. The number of methoxy groups -OCH3 is 2. The van der Waals surface area contributed by atoms with E-state index in [-0.39, 0.29) is 18.8 Å². The van der Waals surface area contributed by atoms with Crippen molar-refractivity contribution in [3.8, 4) is 11.5 Å². The van der Waals surface area contributed by atoms with Crippen molar-refractivity contribution in [3.63, 3.8) is 0 Å². The van der Waals surface area contributed by atoms with Gasteiger partial charge in [-0.1, -0.05) is 6.92 Å². The maximum atomic E-state index is 12.4. The Morgan fingerprint density at radius 2 is 1.90 bits per heavy atom. The number of ether oxygens (including phenoxy) is 2. The second kappa shape index (κ2) is 7.63. The summed E-state index contributed by atoms with van der Waals surface area (Å²) in [6, 6.07) is 3.22. The summed E-state index contributed by atoms with van der Waals surface area (Å²) in [5.74, 6) is 0.383. The van der Waals surface area contributed by atoms with Gasteiger partial charge >= 0.3 is 0 Å². The maximum absolute atomic E-state index is 12.4. The molecule has 6 nitrogen and oxygen atoms in total. The molecule has 1 aromatic carbocycles. The smallest absolute Gasteiger partial charge is 0.255 e. The largest absolute Gasteiger partial charge is 0.497 e. The normalized spacial score (nSPS) is 11.1. The van der Waals surface area contributed by atoms with E-state index in [2.05, 4.69) is 21.2 Å². The topological polar surface area (TPSA) is 88.0 Å². The highest BCUT2D eigenvalue weighted by Gasteiger charge is 2.30. The van der Waals surface area contributed by atoms with E-state index in [0.29, 0.717) is 22.4 Å². The summed E-state index contributed by atoms with van der Waals surface area (Å²) in [5.41, 5.74) is -0.819. The lowest BCUT2D eigenvalue weighted by atomic mass is 9.97. The predicted molar refractivity (Wildman–Crippen MR) is 81.9 cm³/mol. The number of carbonyl (C=O) groups is 1. The van der Waals surface area contributed by atoms with E-state index >= 15 is 0 Å². The molecule has 0 heterocycles. The van der Waals surface area contributed by atoms with Crippen LogP contribution in [0, 0.1) is 0 Å². The van der Waals surface area contributed by atoms with Crippen LogP contribution in [-0.2, 0) is 0 Å². The molecule has 0 bridgehead atoms. The summed E-state index contributed by atoms with van der Waals surface area (Å²) in [5, 5.41) is 21.5. The van der Waals surface area contributed by atoms with Crippen LogP contribution in [0.1, 0.15) is 23.7 Å². The van der Waals surface area contributed by atoms with Gasteiger partial charge in [0.05, 0.1) is 43.0 Å². The molecule has 0 saturated carbocycles. The lowest BCUT2D eigenvalue weighted by Crippen LogP contribution is -2.53. The van der Waals surface area contributed by atoms with E-state index in [0.717, 1.165) is 0 Å². The van der Waals surface area contributed by atoms with E-state index in [1.807, 2.05) is 0 Å². The highest BCUT2D eigenvalue weighted by atomic mass is 79.9. The van der Waals surface area contributed by atoms with Gasteiger partial charge in [-0.25, -0.2) is 0 Å². The molecule has 0 aromatic heterocycles. The minimum atomic E-state index is -1.07. The zero-order chi connectivity index (χ0) is 16.0. The first-order valence-electron chi connectivity index (χ1n) is 6.42. The molecule has 0 aliphatic carbocycles. The third-order valence-corrected chi connectivity index (χ3v) is 3.95. The predicted octanol–water partition coefficient (Wildman–Crippen LogP) is 1.33. The Bertz CT molecular complexity index is 494. The molecule has 1 amide bonds. The van der Waals surface area contributed by atoms with Gasteiger partial charge < -0.3 is 25.0 Å². The standard InChI is InChI=1S/C14H20BrNO5/c1-4-14(7-17,8-18)16-13(19)10-5-9(20-2)6-11(15)12(10)21-3/h5-6,17-18H,4,7-8H2,1-3H3,(H,16,19). The average molecular weight is 362 g/mol. The highest BCUT2D eigenvalue weighted by Crippen LogP contribution is 2.33. The number of amides is 1. The van der Waals surface area contributed by atoms with E-state index in [4.69, 9.17) is 9.47 Å². The van der Waals surface area contributed by atoms with Crippen LogP contribution in [0.4, 0.5) is 0 Å². The number of nitrogens with one attached hydrogen (secondary N) is 1. The van der Waals surface area contributed by atoms with Gasteiger partial charge in [-0.05, 0) is 34.5 Å². The van der Waals surface area contributed by atoms with Crippen LogP contribution in [0.2, 0.25) is 0 Å². The van der Waals surface area contributed by atoms with Crippen molar-refractivity contribution < 1.29 is 24.5 Å². The van der Waals surface area contributed by atoms with Crippen LogP contribution in [-0.4, -0.2) is 49.1 Å². The summed E-state index contributed by atoms with van der Waals surface area (Å²) < 4.78 is 10.9. The summed E-state index contributed by atoms with van der Waals surface area (Å²) in [7, 11) is 2.95. The minimum Gasteiger partial charge on any atom is -0.497 e. The van der Waals surface area contributed by atoms with Crippen LogP contribution in [0.5, 0.6) is 11.5 Å². The molecule has 0 aliphatic heterocycles. The maximum Gasteiger partial charge on any atom is 0.255 e. The molecule has 0 atom stereocenters. The van der Waals surface area contributed by atoms with Gasteiger partial charge in [0.25, 0.3) is 5.91 Å². The Balaban J connectivity index is 3.20. The zero-order valence-corrected chi connectivity index (χ0v) is 13.9. The van der Waals surface area contributed by atoms with Crippen molar-refractivity contribution in [3.05, 3.63) is 22.2 Å². The lowest BCUT2D eigenvalue weighted by molar-refractivity contribution is 0.0650.